The molecule has 2 heterocycles. The van der Waals surface area contributed by atoms with Gasteiger partial charge in [-0.25, -0.2) is 0 Å². The summed E-state index contributed by atoms with van der Waals surface area (Å²) in [6.07, 6.45) is 2.37. The molecule has 0 radical (unpaired) electrons. The molecule has 0 bridgehead atoms. The van der Waals surface area contributed by atoms with Crippen molar-refractivity contribution >= 4 is 5.91 Å². The summed E-state index contributed by atoms with van der Waals surface area (Å²) >= 11 is 0. The molecule has 0 aromatic carbocycles. The highest BCUT2D eigenvalue weighted by atomic mass is 16.4. The average molecular weight is 265 g/mol. The normalized spacial score (nSPS) is 21.5. The lowest BCUT2D eigenvalue weighted by Crippen LogP contribution is -2.43. The first-order chi connectivity index (χ1) is 9.02. The van der Waals surface area contributed by atoms with E-state index in [9.17, 15) is 9.90 Å². The Morgan fingerprint density at radius 1 is 1.63 bits per heavy atom. The third kappa shape index (κ3) is 3.00. The van der Waals surface area contributed by atoms with Gasteiger partial charge in [0, 0.05) is 31.0 Å². The largest absolute Gasteiger partial charge is 0.456 e. The van der Waals surface area contributed by atoms with Crippen LogP contribution in [0.3, 0.4) is 0 Å². The molecule has 19 heavy (non-hydrogen) atoms. The predicted octanol–water partition coefficient (Wildman–Crippen LogP) is 2.38. The fourth-order valence-electron chi connectivity index (χ4n) is 2.67. The van der Waals surface area contributed by atoms with E-state index in [4.69, 9.17) is 4.42 Å². The van der Waals surface area contributed by atoms with Gasteiger partial charge >= 0.3 is 0 Å². The topological polar surface area (TPSA) is 53.7 Å². The first kappa shape index (κ1) is 14.1. The zero-order valence-electron chi connectivity index (χ0n) is 12.0. The van der Waals surface area contributed by atoms with Crippen molar-refractivity contribution in [2.75, 3.05) is 13.1 Å². The number of aliphatic hydroxyl groups excluding tert-OH is 1. The molecule has 1 fully saturated rings. The maximum absolute atomic E-state index is 12.5. The molecule has 1 amide bonds. The number of hydrogen-bond donors (Lipinski definition) is 1. The molecule has 0 aliphatic carbocycles. The smallest absolute Gasteiger partial charge is 0.289 e. The van der Waals surface area contributed by atoms with Crippen LogP contribution >= 0.6 is 0 Å². The molecule has 1 aromatic heterocycles. The van der Waals surface area contributed by atoms with Gasteiger partial charge in [-0.15, -0.1) is 0 Å². The van der Waals surface area contributed by atoms with Crippen LogP contribution in [0.1, 0.15) is 48.6 Å². The van der Waals surface area contributed by atoms with Gasteiger partial charge in [-0.3, -0.25) is 4.79 Å². The van der Waals surface area contributed by atoms with Crippen LogP contribution in [0.4, 0.5) is 0 Å². The van der Waals surface area contributed by atoms with E-state index in [0.717, 1.165) is 37.1 Å². The molecule has 2 rings (SSSR count). The molecular weight excluding hydrogens is 242 g/mol. The van der Waals surface area contributed by atoms with E-state index >= 15 is 0 Å². The second kappa shape index (κ2) is 5.78. The minimum atomic E-state index is -0.362. The first-order valence-corrected chi connectivity index (χ1v) is 7.09. The number of carbonyl (C=O) groups excluding carboxylic acids is 1. The van der Waals surface area contributed by atoms with Crippen LogP contribution in [0, 0.1) is 12.8 Å². The lowest BCUT2D eigenvalue weighted by Gasteiger charge is -2.33. The Balaban J connectivity index is 2.12. The summed E-state index contributed by atoms with van der Waals surface area (Å²) in [5.41, 5.74) is 0.904. The van der Waals surface area contributed by atoms with Crippen molar-refractivity contribution in [1.29, 1.82) is 0 Å². The summed E-state index contributed by atoms with van der Waals surface area (Å²) < 4.78 is 5.62. The molecule has 1 aromatic rings. The van der Waals surface area contributed by atoms with E-state index in [-0.39, 0.29) is 17.9 Å². The van der Waals surface area contributed by atoms with Crippen molar-refractivity contribution in [3.63, 3.8) is 0 Å². The van der Waals surface area contributed by atoms with Crippen molar-refractivity contribution in [3.8, 4) is 0 Å². The van der Waals surface area contributed by atoms with Crippen LogP contribution in [0.2, 0.25) is 0 Å². The second-order valence-electron chi connectivity index (χ2n) is 5.47. The zero-order valence-corrected chi connectivity index (χ0v) is 12.0. The number of rotatable bonds is 3. The minimum absolute atomic E-state index is 0.0393. The third-order valence-corrected chi connectivity index (χ3v) is 3.94. The lowest BCUT2D eigenvalue weighted by molar-refractivity contribution is 0.0441. The molecule has 2 atom stereocenters. The molecule has 106 valence electrons. The molecule has 1 aliphatic rings. The average Bonchev–Trinajstić information content (AvgIpc) is 2.79. The van der Waals surface area contributed by atoms with Gasteiger partial charge in [0.05, 0.1) is 6.10 Å². The highest BCUT2D eigenvalue weighted by molar-refractivity contribution is 5.93. The number of aryl methyl sites for hydroxylation is 2. The predicted molar refractivity (Wildman–Crippen MR) is 73.1 cm³/mol. The Morgan fingerprint density at radius 2 is 2.37 bits per heavy atom. The van der Waals surface area contributed by atoms with Gasteiger partial charge < -0.3 is 14.4 Å². The molecule has 0 spiro atoms. The minimum Gasteiger partial charge on any atom is -0.456 e. The van der Waals surface area contributed by atoms with E-state index in [1.807, 2.05) is 24.8 Å². The van der Waals surface area contributed by atoms with E-state index in [0.29, 0.717) is 12.3 Å². The van der Waals surface area contributed by atoms with E-state index in [1.165, 1.54) is 0 Å². The van der Waals surface area contributed by atoms with Crippen LogP contribution in [0.15, 0.2) is 10.5 Å². The monoisotopic (exact) mass is 265 g/mol. The number of carbonyl (C=O) groups is 1. The van der Waals surface area contributed by atoms with Gasteiger partial charge in [0.15, 0.2) is 5.76 Å². The van der Waals surface area contributed by atoms with Gasteiger partial charge in [-0.1, -0.05) is 6.92 Å². The molecule has 1 saturated heterocycles. The van der Waals surface area contributed by atoms with Crippen molar-refractivity contribution in [2.45, 2.75) is 46.1 Å². The first-order valence-electron chi connectivity index (χ1n) is 7.09. The maximum Gasteiger partial charge on any atom is 0.289 e. The molecule has 1 N–H and O–H groups in total. The number of likely N-dealkylation sites (tertiary alicyclic amines) is 1. The number of piperidine rings is 1. The number of furan rings is 1. The van der Waals surface area contributed by atoms with Crippen molar-refractivity contribution < 1.29 is 14.3 Å². The maximum atomic E-state index is 12.5. The molecule has 4 heteroatoms. The van der Waals surface area contributed by atoms with Crippen LogP contribution in [-0.2, 0) is 6.42 Å². The van der Waals surface area contributed by atoms with Crippen molar-refractivity contribution in [2.24, 2.45) is 5.92 Å². The summed E-state index contributed by atoms with van der Waals surface area (Å²) in [4.78, 5) is 14.3. The summed E-state index contributed by atoms with van der Waals surface area (Å²) in [5, 5.41) is 9.68. The summed E-state index contributed by atoms with van der Waals surface area (Å²) in [6.45, 7) is 7.09. The second-order valence-corrected chi connectivity index (χ2v) is 5.47. The van der Waals surface area contributed by atoms with Gasteiger partial charge in [0.25, 0.3) is 5.91 Å². The molecule has 0 saturated carbocycles. The van der Waals surface area contributed by atoms with E-state index < -0.39 is 0 Å². The highest BCUT2D eigenvalue weighted by Crippen LogP contribution is 2.23. The van der Waals surface area contributed by atoms with Gasteiger partial charge in [0.2, 0.25) is 0 Å². The number of amides is 1. The SMILES string of the molecule is CCc1cc(C)c(C(=O)N2CCCC(C(C)O)C2)o1. The van der Waals surface area contributed by atoms with Crippen molar-refractivity contribution in [3.05, 3.63) is 23.2 Å². The fourth-order valence-corrected chi connectivity index (χ4v) is 2.67. The van der Waals surface area contributed by atoms with Gasteiger partial charge in [0.1, 0.15) is 5.76 Å². The summed E-state index contributed by atoms with van der Waals surface area (Å²) in [6, 6.07) is 1.93. The number of hydrogen-bond acceptors (Lipinski definition) is 3. The lowest BCUT2D eigenvalue weighted by atomic mass is 9.93. The molecule has 4 nitrogen and oxygen atoms in total. The number of aliphatic hydroxyl groups is 1. The van der Waals surface area contributed by atoms with E-state index in [1.54, 1.807) is 6.92 Å². The van der Waals surface area contributed by atoms with Crippen molar-refractivity contribution in [1.82, 2.24) is 4.90 Å². The Kier molecular flexibility index (Phi) is 4.30. The van der Waals surface area contributed by atoms with Gasteiger partial charge in [-0.2, -0.15) is 0 Å². The Morgan fingerprint density at radius 3 is 2.95 bits per heavy atom. The summed E-state index contributed by atoms with van der Waals surface area (Å²) in [7, 11) is 0. The van der Waals surface area contributed by atoms with Crippen LogP contribution in [0.5, 0.6) is 0 Å². The molecular formula is C15H23NO3. The Bertz CT molecular complexity index is 450. The molecule has 2 unspecified atom stereocenters. The van der Waals surface area contributed by atoms with Gasteiger partial charge in [-0.05, 0) is 32.8 Å². The quantitative estimate of drug-likeness (QED) is 0.913. The number of nitrogens with zero attached hydrogens (tertiary/aromatic N) is 1. The van der Waals surface area contributed by atoms with Crippen LogP contribution in [0.25, 0.3) is 0 Å². The summed E-state index contributed by atoms with van der Waals surface area (Å²) in [5.74, 6) is 1.45. The Labute approximate surface area is 114 Å². The van der Waals surface area contributed by atoms with Crippen LogP contribution in [-0.4, -0.2) is 35.1 Å². The fraction of sp³-hybridized carbons (Fsp3) is 0.667. The standard InChI is InChI=1S/C15H23NO3/c1-4-13-8-10(2)14(19-13)15(18)16-7-5-6-12(9-16)11(3)17/h8,11-12,17H,4-7,9H2,1-3H3. The Hall–Kier alpha value is -1.29. The molecule has 1 aliphatic heterocycles. The van der Waals surface area contributed by atoms with E-state index in [2.05, 4.69) is 0 Å². The zero-order chi connectivity index (χ0) is 14.0. The van der Waals surface area contributed by atoms with Crippen LogP contribution < -0.4 is 0 Å². The third-order valence-electron chi connectivity index (χ3n) is 3.94. The highest BCUT2D eigenvalue weighted by Gasteiger charge is 2.29.